The number of fused-ring (bicyclic) bond motifs is 1. The van der Waals surface area contributed by atoms with E-state index in [1.54, 1.807) is 12.4 Å². The first-order valence-corrected chi connectivity index (χ1v) is 5.70. The lowest BCUT2D eigenvalue weighted by Gasteiger charge is -2.01. The van der Waals surface area contributed by atoms with Crippen LogP contribution in [0.15, 0.2) is 40.6 Å². The van der Waals surface area contributed by atoms with Crippen LogP contribution in [0.25, 0.3) is 11.0 Å². The maximum absolute atomic E-state index is 5.63. The van der Waals surface area contributed by atoms with Gasteiger partial charge in [-0.2, -0.15) is 10.1 Å². The standard InChI is InChI=1S/C10H8N6S/c11-10-14-8-6(5-13-16-8)9(15-10)17-7-3-1-2-4-12-7/h1-5H,(H3,11,13,14,15,16). The van der Waals surface area contributed by atoms with Crippen molar-refractivity contribution < 1.29 is 0 Å². The van der Waals surface area contributed by atoms with Crippen molar-refractivity contribution in [3.05, 3.63) is 30.6 Å². The molecule has 0 radical (unpaired) electrons. The molecule has 0 unspecified atom stereocenters. The predicted octanol–water partition coefficient (Wildman–Crippen LogP) is 1.48. The van der Waals surface area contributed by atoms with Crippen molar-refractivity contribution in [3.63, 3.8) is 0 Å². The summed E-state index contributed by atoms with van der Waals surface area (Å²) in [4.78, 5) is 12.5. The summed E-state index contributed by atoms with van der Waals surface area (Å²) in [5, 5.41) is 9.15. The van der Waals surface area contributed by atoms with Crippen molar-refractivity contribution in [1.82, 2.24) is 25.1 Å². The molecular formula is C10H8N6S. The summed E-state index contributed by atoms with van der Waals surface area (Å²) < 4.78 is 0. The maximum atomic E-state index is 5.63. The van der Waals surface area contributed by atoms with Gasteiger partial charge < -0.3 is 5.73 Å². The zero-order valence-electron chi connectivity index (χ0n) is 8.66. The second kappa shape index (κ2) is 4.02. The molecule has 0 bridgehead atoms. The summed E-state index contributed by atoms with van der Waals surface area (Å²) in [7, 11) is 0. The van der Waals surface area contributed by atoms with E-state index >= 15 is 0 Å². The Bertz CT molecular complexity index is 650. The Labute approximate surface area is 101 Å². The van der Waals surface area contributed by atoms with E-state index in [2.05, 4.69) is 25.1 Å². The van der Waals surface area contributed by atoms with E-state index in [0.29, 0.717) is 5.65 Å². The Kier molecular flexibility index (Phi) is 2.37. The number of H-pyrrole nitrogens is 1. The summed E-state index contributed by atoms with van der Waals surface area (Å²) >= 11 is 1.43. The van der Waals surface area contributed by atoms with Gasteiger partial charge in [0.1, 0.15) is 10.1 Å². The molecule has 0 aliphatic carbocycles. The van der Waals surface area contributed by atoms with Crippen LogP contribution < -0.4 is 5.73 Å². The zero-order chi connectivity index (χ0) is 11.7. The van der Waals surface area contributed by atoms with E-state index < -0.39 is 0 Å². The SMILES string of the molecule is Nc1nc(Sc2ccccn2)c2cn[nH]c2n1. The topological polar surface area (TPSA) is 93.4 Å². The molecule has 3 rings (SSSR count). The van der Waals surface area contributed by atoms with Crippen LogP contribution in [0.4, 0.5) is 5.95 Å². The summed E-state index contributed by atoms with van der Waals surface area (Å²) in [6.45, 7) is 0. The number of nitrogens with one attached hydrogen (secondary N) is 1. The molecule has 6 nitrogen and oxygen atoms in total. The Balaban J connectivity index is 2.08. The van der Waals surface area contributed by atoms with Crippen molar-refractivity contribution in [1.29, 1.82) is 0 Å². The van der Waals surface area contributed by atoms with Gasteiger partial charge >= 0.3 is 0 Å². The van der Waals surface area contributed by atoms with Gasteiger partial charge in [0.2, 0.25) is 5.95 Å². The van der Waals surface area contributed by atoms with E-state index in [-0.39, 0.29) is 5.95 Å². The van der Waals surface area contributed by atoms with Gasteiger partial charge in [-0.15, -0.1) is 0 Å². The molecule has 3 aromatic rings. The highest BCUT2D eigenvalue weighted by Gasteiger charge is 2.09. The smallest absolute Gasteiger partial charge is 0.223 e. The molecule has 0 saturated carbocycles. The van der Waals surface area contributed by atoms with Gasteiger partial charge in [-0.1, -0.05) is 6.07 Å². The molecule has 7 heteroatoms. The van der Waals surface area contributed by atoms with Crippen LogP contribution in [0, 0.1) is 0 Å². The van der Waals surface area contributed by atoms with Gasteiger partial charge in [-0.3, -0.25) is 5.10 Å². The van der Waals surface area contributed by atoms with Gasteiger partial charge in [0, 0.05) is 6.20 Å². The highest BCUT2D eigenvalue weighted by Crippen LogP contribution is 2.29. The summed E-state index contributed by atoms with van der Waals surface area (Å²) in [6.07, 6.45) is 3.42. The van der Waals surface area contributed by atoms with Gasteiger partial charge in [-0.05, 0) is 23.9 Å². The second-order valence-corrected chi connectivity index (χ2v) is 4.30. The Morgan fingerprint density at radius 2 is 2.18 bits per heavy atom. The molecule has 0 aliphatic heterocycles. The number of nitrogens with zero attached hydrogens (tertiary/aromatic N) is 4. The largest absolute Gasteiger partial charge is 0.368 e. The van der Waals surface area contributed by atoms with Crippen molar-refractivity contribution in [2.75, 3.05) is 5.73 Å². The highest BCUT2D eigenvalue weighted by molar-refractivity contribution is 7.99. The number of hydrogen-bond donors (Lipinski definition) is 2. The third-order valence-corrected chi connectivity index (χ3v) is 3.09. The van der Waals surface area contributed by atoms with Crippen LogP contribution in [-0.2, 0) is 0 Å². The minimum Gasteiger partial charge on any atom is -0.368 e. The summed E-state index contributed by atoms with van der Waals surface area (Å²) in [6, 6.07) is 5.70. The molecule has 3 N–H and O–H groups in total. The highest BCUT2D eigenvalue weighted by atomic mass is 32.2. The second-order valence-electron chi connectivity index (χ2n) is 3.29. The van der Waals surface area contributed by atoms with Crippen LogP contribution in [0.1, 0.15) is 0 Å². The molecule has 0 aromatic carbocycles. The number of hydrogen-bond acceptors (Lipinski definition) is 6. The van der Waals surface area contributed by atoms with Crippen LogP contribution in [0.5, 0.6) is 0 Å². The third kappa shape index (κ3) is 1.92. The zero-order valence-corrected chi connectivity index (χ0v) is 9.48. The van der Waals surface area contributed by atoms with Crippen molar-refractivity contribution in [3.8, 4) is 0 Å². The fraction of sp³-hybridized carbons (Fsp3) is 0. The van der Waals surface area contributed by atoms with Crippen LogP contribution >= 0.6 is 11.8 Å². The number of pyridine rings is 1. The summed E-state index contributed by atoms with van der Waals surface area (Å²) in [5.41, 5.74) is 6.27. The fourth-order valence-electron chi connectivity index (χ4n) is 1.41. The van der Waals surface area contributed by atoms with Crippen LogP contribution in [0.2, 0.25) is 0 Å². The van der Waals surface area contributed by atoms with Gasteiger partial charge in [0.05, 0.1) is 11.6 Å². The molecule has 0 spiro atoms. The minimum atomic E-state index is 0.222. The fourth-order valence-corrected chi connectivity index (χ4v) is 2.27. The first-order chi connectivity index (χ1) is 8.33. The maximum Gasteiger partial charge on any atom is 0.223 e. The van der Waals surface area contributed by atoms with Crippen molar-refractivity contribution >= 4 is 28.7 Å². The van der Waals surface area contributed by atoms with Crippen molar-refractivity contribution in [2.24, 2.45) is 0 Å². The number of rotatable bonds is 2. The van der Waals surface area contributed by atoms with Crippen molar-refractivity contribution in [2.45, 2.75) is 10.1 Å². The molecule has 0 fully saturated rings. The van der Waals surface area contributed by atoms with Gasteiger partial charge in [0.15, 0.2) is 5.65 Å². The molecule has 84 valence electrons. The number of anilines is 1. The van der Waals surface area contributed by atoms with E-state index in [1.807, 2.05) is 18.2 Å². The van der Waals surface area contributed by atoms with E-state index in [4.69, 9.17) is 5.73 Å². The number of aromatic nitrogens is 5. The quantitative estimate of drug-likeness (QED) is 0.663. The summed E-state index contributed by atoms with van der Waals surface area (Å²) in [5.74, 6) is 0.222. The normalized spacial score (nSPS) is 10.8. The lowest BCUT2D eigenvalue weighted by atomic mass is 10.4. The molecule has 0 saturated heterocycles. The molecule has 3 heterocycles. The average Bonchev–Trinajstić information content (AvgIpc) is 2.78. The number of nitrogens with two attached hydrogens (primary N) is 1. The van der Waals surface area contributed by atoms with Crippen LogP contribution in [-0.4, -0.2) is 25.1 Å². The Morgan fingerprint density at radius 3 is 3.00 bits per heavy atom. The molecule has 0 atom stereocenters. The monoisotopic (exact) mass is 244 g/mol. The Hall–Kier alpha value is -2.15. The Morgan fingerprint density at radius 1 is 1.24 bits per heavy atom. The average molecular weight is 244 g/mol. The predicted molar refractivity (Wildman–Crippen MR) is 64.5 cm³/mol. The van der Waals surface area contributed by atoms with Gasteiger partial charge in [-0.25, -0.2) is 9.97 Å². The van der Waals surface area contributed by atoms with Crippen LogP contribution in [0.3, 0.4) is 0 Å². The van der Waals surface area contributed by atoms with E-state index in [0.717, 1.165) is 15.4 Å². The van der Waals surface area contributed by atoms with E-state index in [9.17, 15) is 0 Å². The lowest BCUT2D eigenvalue weighted by Crippen LogP contribution is -1.96. The number of nitrogen functional groups attached to an aromatic ring is 1. The molecular weight excluding hydrogens is 236 g/mol. The molecule has 0 aliphatic rings. The van der Waals surface area contributed by atoms with Gasteiger partial charge in [0.25, 0.3) is 0 Å². The first-order valence-electron chi connectivity index (χ1n) is 4.88. The van der Waals surface area contributed by atoms with E-state index in [1.165, 1.54) is 11.8 Å². The first kappa shape index (κ1) is 10.0. The number of aromatic amines is 1. The lowest BCUT2D eigenvalue weighted by molar-refractivity contribution is 1.07. The molecule has 3 aromatic heterocycles. The third-order valence-electron chi connectivity index (χ3n) is 2.13. The molecule has 17 heavy (non-hydrogen) atoms. The molecule has 0 amide bonds. The minimum absolute atomic E-state index is 0.222.